The average Bonchev–Trinajstić information content (AvgIpc) is 2.46. The quantitative estimate of drug-likeness (QED) is 0.787. The molecule has 0 aliphatic carbocycles. The highest BCUT2D eigenvalue weighted by molar-refractivity contribution is 6.07. The highest BCUT2D eigenvalue weighted by atomic mass is 16.2. The number of hydrogen-bond acceptors (Lipinski definition) is 1. The molecule has 2 nitrogen and oxygen atoms in total. The van der Waals surface area contributed by atoms with Crippen LogP contribution in [-0.4, -0.2) is 23.9 Å². The van der Waals surface area contributed by atoms with Crippen molar-refractivity contribution in [3.63, 3.8) is 0 Å². The third-order valence-corrected chi connectivity index (χ3v) is 3.29. The molecule has 0 N–H and O–H groups in total. The third-order valence-electron chi connectivity index (χ3n) is 3.29. The Kier molecular flexibility index (Phi) is 4.56. The molecule has 19 heavy (non-hydrogen) atoms. The van der Waals surface area contributed by atoms with Crippen molar-refractivity contribution in [2.45, 2.75) is 26.7 Å². The first-order chi connectivity index (χ1) is 9.27. The number of fused-ring (bicyclic) bond motifs is 1. The van der Waals surface area contributed by atoms with E-state index in [9.17, 15) is 4.79 Å². The van der Waals surface area contributed by atoms with E-state index in [1.807, 2.05) is 35.2 Å². The van der Waals surface area contributed by atoms with E-state index in [0.717, 1.165) is 42.3 Å². The van der Waals surface area contributed by atoms with Gasteiger partial charge >= 0.3 is 0 Å². The molecule has 100 valence electrons. The Morgan fingerprint density at radius 1 is 0.947 bits per heavy atom. The zero-order valence-electron chi connectivity index (χ0n) is 11.7. The standard InChI is InChI=1S/C17H21NO/c1-3-12-18(13-4-2)17(19)16-11-7-9-14-8-5-6-10-15(14)16/h5-11H,3-4,12-13H2,1-2H3. The molecule has 0 atom stereocenters. The van der Waals surface area contributed by atoms with Crippen LogP contribution in [0.5, 0.6) is 0 Å². The molecule has 2 aromatic rings. The van der Waals surface area contributed by atoms with Crippen LogP contribution in [0.3, 0.4) is 0 Å². The van der Waals surface area contributed by atoms with Gasteiger partial charge in [0.2, 0.25) is 0 Å². The molecule has 2 aromatic carbocycles. The highest BCUT2D eigenvalue weighted by Crippen LogP contribution is 2.20. The maximum absolute atomic E-state index is 12.7. The zero-order valence-corrected chi connectivity index (χ0v) is 11.7. The highest BCUT2D eigenvalue weighted by Gasteiger charge is 2.16. The van der Waals surface area contributed by atoms with E-state index in [0.29, 0.717) is 0 Å². The molecule has 0 saturated heterocycles. The van der Waals surface area contributed by atoms with E-state index in [4.69, 9.17) is 0 Å². The molecule has 0 aromatic heterocycles. The Hall–Kier alpha value is -1.83. The lowest BCUT2D eigenvalue weighted by atomic mass is 10.0. The molecule has 2 rings (SSSR count). The molecule has 0 aliphatic rings. The first-order valence-corrected chi connectivity index (χ1v) is 7.05. The second-order valence-corrected chi connectivity index (χ2v) is 4.82. The number of hydrogen-bond donors (Lipinski definition) is 0. The number of carbonyl (C=O) groups excluding carboxylic acids is 1. The molecule has 1 amide bonds. The van der Waals surface area contributed by atoms with Crippen LogP contribution in [0.25, 0.3) is 10.8 Å². The lowest BCUT2D eigenvalue weighted by Crippen LogP contribution is -2.32. The molecule has 0 aliphatic heterocycles. The lowest BCUT2D eigenvalue weighted by Gasteiger charge is -2.22. The monoisotopic (exact) mass is 255 g/mol. The van der Waals surface area contributed by atoms with Gasteiger partial charge in [-0.2, -0.15) is 0 Å². The van der Waals surface area contributed by atoms with Crippen molar-refractivity contribution in [3.05, 3.63) is 48.0 Å². The molecular weight excluding hydrogens is 234 g/mol. The first-order valence-electron chi connectivity index (χ1n) is 7.05. The molecule has 0 fully saturated rings. The molecule has 0 saturated carbocycles. The Morgan fingerprint density at radius 3 is 2.26 bits per heavy atom. The van der Waals surface area contributed by atoms with Gasteiger partial charge in [0, 0.05) is 18.7 Å². The minimum Gasteiger partial charge on any atom is -0.339 e. The van der Waals surface area contributed by atoms with Gasteiger partial charge in [-0.05, 0) is 29.7 Å². The maximum Gasteiger partial charge on any atom is 0.254 e. The molecule has 2 heteroatoms. The van der Waals surface area contributed by atoms with E-state index < -0.39 is 0 Å². The summed E-state index contributed by atoms with van der Waals surface area (Å²) in [6, 6.07) is 14.0. The van der Waals surface area contributed by atoms with Crippen LogP contribution in [0, 0.1) is 0 Å². The summed E-state index contributed by atoms with van der Waals surface area (Å²) in [4.78, 5) is 14.6. The summed E-state index contributed by atoms with van der Waals surface area (Å²) in [6.45, 7) is 5.88. The summed E-state index contributed by atoms with van der Waals surface area (Å²) in [5, 5.41) is 2.17. The molecule has 0 unspecified atom stereocenters. The van der Waals surface area contributed by atoms with Crippen LogP contribution in [-0.2, 0) is 0 Å². The van der Waals surface area contributed by atoms with Gasteiger partial charge in [0.05, 0.1) is 0 Å². The summed E-state index contributed by atoms with van der Waals surface area (Å²) >= 11 is 0. The Balaban J connectivity index is 2.39. The fraction of sp³-hybridized carbons (Fsp3) is 0.353. The first kappa shape index (κ1) is 13.6. The average molecular weight is 255 g/mol. The predicted octanol–water partition coefficient (Wildman–Crippen LogP) is 4.10. The van der Waals surface area contributed by atoms with Crippen molar-refractivity contribution in [3.8, 4) is 0 Å². The zero-order chi connectivity index (χ0) is 13.7. The van der Waals surface area contributed by atoms with Crippen molar-refractivity contribution >= 4 is 16.7 Å². The van der Waals surface area contributed by atoms with E-state index >= 15 is 0 Å². The topological polar surface area (TPSA) is 20.3 Å². The largest absolute Gasteiger partial charge is 0.339 e. The van der Waals surface area contributed by atoms with Gasteiger partial charge in [-0.3, -0.25) is 4.79 Å². The fourth-order valence-corrected chi connectivity index (χ4v) is 2.44. The SMILES string of the molecule is CCCN(CCC)C(=O)c1cccc2ccccc12. The van der Waals surface area contributed by atoms with E-state index in [-0.39, 0.29) is 5.91 Å². The van der Waals surface area contributed by atoms with Crippen LogP contribution in [0.1, 0.15) is 37.0 Å². The fourth-order valence-electron chi connectivity index (χ4n) is 2.44. The maximum atomic E-state index is 12.7. The molecule has 0 heterocycles. The second-order valence-electron chi connectivity index (χ2n) is 4.82. The van der Waals surface area contributed by atoms with Gasteiger partial charge in [-0.25, -0.2) is 0 Å². The van der Waals surface area contributed by atoms with Gasteiger partial charge < -0.3 is 4.90 Å². The summed E-state index contributed by atoms with van der Waals surface area (Å²) in [6.07, 6.45) is 1.99. The van der Waals surface area contributed by atoms with E-state index in [1.54, 1.807) is 0 Å². The van der Waals surface area contributed by atoms with Crippen molar-refractivity contribution in [2.75, 3.05) is 13.1 Å². The number of benzene rings is 2. The molecule has 0 spiro atoms. The van der Waals surface area contributed by atoms with Crippen LogP contribution in [0.15, 0.2) is 42.5 Å². The Labute approximate surface area is 115 Å². The van der Waals surface area contributed by atoms with Crippen LogP contribution in [0.4, 0.5) is 0 Å². The minimum absolute atomic E-state index is 0.153. The lowest BCUT2D eigenvalue weighted by molar-refractivity contribution is 0.0757. The van der Waals surface area contributed by atoms with Gasteiger partial charge in [0.15, 0.2) is 0 Å². The van der Waals surface area contributed by atoms with Crippen molar-refractivity contribution in [1.29, 1.82) is 0 Å². The number of carbonyl (C=O) groups is 1. The van der Waals surface area contributed by atoms with Crippen molar-refractivity contribution in [1.82, 2.24) is 4.90 Å². The number of amides is 1. The summed E-state index contributed by atoms with van der Waals surface area (Å²) < 4.78 is 0. The summed E-state index contributed by atoms with van der Waals surface area (Å²) in [5.41, 5.74) is 0.819. The van der Waals surface area contributed by atoms with Gasteiger partial charge in [-0.15, -0.1) is 0 Å². The number of nitrogens with zero attached hydrogens (tertiary/aromatic N) is 1. The summed E-state index contributed by atoms with van der Waals surface area (Å²) in [5.74, 6) is 0.153. The molecule has 0 bridgehead atoms. The predicted molar refractivity (Wildman–Crippen MR) is 80.4 cm³/mol. The van der Waals surface area contributed by atoms with Gasteiger partial charge in [0.1, 0.15) is 0 Å². The number of rotatable bonds is 5. The minimum atomic E-state index is 0.153. The second kappa shape index (κ2) is 6.37. The normalized spacial score (nSPS) is 10.6. The van der Waals surface area contributed by atoms with Crippen LogP contribution >= 0.6 is 0 Å². The summed E-state index contributed by atoms with van der Waals surface area (Å²) in [7, 11) is 0. The smallest absolute Gasteiger partial charge is 0.254 e. The van der Waals surface area contributed by atoms with Gasteiger partial charge in [0.25, 0.3) is 5.91 Å². The van der Waals surface area contributed by atoms with Crippen LogP contribution in [0.2, 0.25) is 0 Å². The third kappa shape index (κ3) is 2.95. The molecule has 0 radical (unpaired) electrons. The van der Waals surface area contributed by atoms with Crippen molar-refractivity contribution < 1.29 is 4.79 Å². The van der Waals surface area contributed by atoms with Crippen LogP contribution < -0.4 is 0 Å². The van der Waals surface area contributed by atoms with E-state index in [2.05, 4.69) is 26.0 Å². The molecular formula is C17H21NO. The van der Waals surface area contributed by atoms with E-state index in [1.165, 1.54) is 0 Å². The van der Waals surface area contributed by atoms with Crippen molar-refractivity contribution in [2.24, 2.45) is 0 Å². The van der Waals surface area contributed by atoms with Gasteiger partial charge in [-0.1, -0.05) is 50.2 Å². The Morgan fingerprint density at radius 2 is 1.58 bits per heavy atom. The Bertz CT molecular complexity index is 551.